The summed E-state index contributed by atoms with van der Waals surface area (Å²) in [5.74, 6) is 0.894. The molecule has 0 amide bonds. The van der Waals surface area contributed by atoms with Crippen LogP contribution < -0.4 is 10.2 Å². The summed E-state index contributed by atoms with van der Waals surface area (Å²) in [6.45, 7) is 6.23. The van der Waals surface area contributed by atoms with Crippen LogP contribution in [0.1, 0.15) is 64.8 Å². The van der Waals surface area contributed by atoms with Crippen molar-refractivity contribution in [2.24, 2.45) is 0 Å². The van der Waals surface area contributed by atoms with Crippen molar-refractivity contribution in [1.82, 2.24) is 10.3 Å². The molecule has 36 heavy (non-hydrogen) atoms. The van der Waals surface area contributed by atoms with Crippen LogP contribution in [0.5, 0.6) is 0 Å². The van der Waals surface area contributed by atoms with Gasteiger partial charge in [0.2, 0.25) is 0 Å². The third-order valence-corrected chi connectivity index (χ3v) is 6.91. The Hall–Kier alpha value is -3.97. The first-order valence-corrected chi connectivity index (χ1v) is 12.3. The number of thiocarbonyl (C=S) groups is 1. The van der Waals surface area contributed by atoms with Gasteiger partial charge in [0.25, 0.3) is 0 Å². The number of anilines is 1. The zero-order valence-corrected chi connectivity index (χ0v) is 21.1. The first kappa shape index (κ1) is 23.8. The van der Waals surface area contributed by atoms with E-state index in [2.05, 4.69) is 53.3 Å². The predicted octanol–water partition coefficient (Wildman–Crippen LogP) is 6.65. The SMILES string of the molecule is Cc1cc(C(=O)O)ccc1-c1ccc([C@@H]2[C@H](c3ccccn3)NC(=S)N2c2ccc(C(C)C)cc2)o1. The molecule has 1 fully saturated rings. The zero-order valence-electron chi connectivity index (χ0n) is 20.3. The molecule has 0 spiro atoms. The number of carboxylic acid groups (broad SMARTS) is 1. The van der Waals surface area contributed by atoms with Gasteiger partial charge in [-0.05, 0) is 84.7 Å². The normalized spacial score (nSPS) is 17.4. The van der Waals surface area contributed by atoms with Gasteiger partial charge in [0.1, 0.15) is 17.6 Å². The number of nitrogens with one attached hydrogen (secondary N) is 1. The number of aromatic carboxylic acids is 1. The van der Waals surface area contributed by atoms with E-state index in [9.17, 15) is 9.90 Å². The monoisotopic (exact) mass is 497 g/mol. The Morgan fingerprint density at radius 3 is 2.50 bits per heavy atom. The Kier molecular flexibility index (Phi) is 6.33. The first-order chi connectivity index (χ1) is 17.3. The second kappa shape index (κ2) is 9.59. The predicted molar refractivity (Wildman–Crippen MR) is 144 cm³/mol. The Labute approximate surface area is 215 Å². The number of pyridine rings is 1. The number of carbonyl (C=O) groups is 1. The van der Waals surface area contributed by atoms with E-state index >= 15 is 0 Å². The summed E-state index contributed by atoms with van der Waals surface area (Å²) in [5, 5.41) is 13.4. The molecule has 0 aliphatic carbocycles. The van der Waals surface area contributed by atoms with Crippen molar-refractivity contribution < 1.29 is 14.3 Å². The second-order valence-corrected chi connectivity index (χ2v) is 9.67. The number of furan rings is 1. The highest BCUT2D eigenvalue weighted by atomic mass is 32.1. The number of nitrogens with zero attached hydrogens (tertiary/aromatic N) is 2. The molecule has 2 aromatic carbocycles. The molecule has 0 bridgehead atoms. The Morgan fingerprint density at radius 1 is 1.08 bits per heavy atom. The molecule has 1 aliphatic rings. The average molecular weight is 498 g/mol. The first-order valence-electron chi connectivity index (χ1n) is 11.9. The fourth-order valence-corrected chi connectivity index (χ4v) is 5.02. The van der Waals surface area contributed by atoms with Crippen LogP contribution in [0.15, 0.2) is 83.4 Å². The fraction of sp³-hybridized carbons (Fsp3) is 0.207. The topological polar surface area (TPSA) is 78.6 Å². The molecule has 6 nitrogen and oxygen atoms in total. The third kappa shape index (κ3) is 4.38. The average Bonchev–Trinajstić information content (AvgIpc) is 3.49. The number of rotatable bonds is 6. The Morgan fingerprint density at radius 2 is 1.86 bits per heavy atom. The largest absolute Gasteiger partial charge is 0.478 e. The van der Waals surface area contributed by atoms with E-state index in [4.69, 9.17) is 16.6 Å². The van der Waals surface area contributed by atoms with Crippen LogP contribution in [0.3, 0.4) is 0 Å². The Balaban J connectivity index is 1.57. The van der Waals surface area contributed by atoms with Crippen molar-refractivity contribution in [3.05, 3.63) is 107 Å². The van der Waals surface area contributed by atoms with Gasteiger partial charge in [-0.3, -0.25) is 4.98 Å². The summed E-state index contributed by atoms with van der Waals surface area (Å²) in [7, 11) is 0. The van der Waals surface area contributed by atoms with Gasteiger partial charge in [-0.15, -0.1) is 0 Å². The molecule has 1 aliphatic heterocycles. The number of hydrogen-bond donors (Lipinski definition) is 2. The maximum absolute atomic E-state index is 11.4. The summed E-state index contributed by atoms with van der Waals surface area (Å²) >= 11 is 5.81. The lowest BCUT2D eigenvalue weighted by molar-refractivity contribution is 0.0696. The highest BCUT2D eigenvalue weighted by Gasteiger charge is 2.42. The molecule has 2 atom stereocenters. The van der Waals surface area contributed by atoms with Crippen LogP contribution in [0, 0.1) is 6.92 Å². The number of hydrogen-bond acceptors (Lipinski definition) is 4. The van der Waals surface area contributed by atoms with Gasteiger partial charge < -0.3 is 19.7 Å². The van der Waals surface area contributed by atoms with Gasteiger partial charge in [-0.2, -0.15) is 0 Å². The lowest BCUT2D eigenvalue weighted by Crippen LogP contribution is -2.29. The summed E-state index contributed by atoms with van der Waals surface area (Å²) < 4.78 is 6.43. The Bertz CT molecular complexity index is 1410. The van der Waals surface area contributed by atoms with E-state index in [1.807, 2.05) is 37.3 Å². The molecule has 3 heterocycles. The molecule has 7 heteroatoms. The van der Waals surface area contributed by atoms with E-state index in [-0.39, 0.29) is 17.6 Å². The molecule has 0 unspecified atom stereocenters. The molecule has 0 radical (unpaired) electrons. The van der Waals surface area contributed by atoms with Crippen molar-refractivity contribution in [3.63, 3.8) is 0 Å². The van der Waals surface area contributed by atoms with Gasteiger partial charge >= 0.3 is 5.97 Å². The van der Waals surface area contributed by atoms with Gasteiger partial charge in [0, 0.05) is 17.4 Å². The third-order valence-electron chi connectivity index (χ3n) is 6.59. The van der Waals surface area contributed by atoms with Crippen molar-refractivity contribution in [2.75, 3.05) is 4.90 Å². The lowest BCUT2D eigenvalue weighted by Gasteiger charge is -2.26. The minimum atomic E-state index is -0.951. The van der Waals surface area contributed by atoms with E-state index < -0.39 is 5.97 Å². The smallest absolute Gasteiger partial charge is 0.335 e. The quantitative estimate of drug-likeness (QED) is 0.289. The van der Waals surface area contributed by atoms with Gasteiger partial charge in [0.05, 0.1) is 17.3 Å². The van der Waals surface area contributed by atoms with Crippen LogP contribution in [0.25, 0.3) is 11.3 Å². The molecule has 0 saturated carbocycles. The molecule has 182 valence electrons. The molecule has 4 aromatic rings. The molecule has 5 rings (SSSR count). The fourth-order valence-electron chi connectivity index (χ4n) is 4.67. The number of aryl methyl sites for hydroxylation is 1. The van der Waals surface area contributed by atoms with Gasteiger partial charge in [-0.1, -0.05) is 38.1 Å². The van der Waals surface area contributed by atoms with Crippen LogP contribution >= 0.6 is 12.2 Å². The van der Waals surface area contributed by atoms with Crippen molar-refractivity contribution >= 4 is 29.0 Å². The highest BCUT2D eigenvalue weighted by molar-refractivity contribution is 7.80. The lowest BCUT2D eigenvalue weighted by atomic mass is 10.0. The molecule has 2 aromatic heterocycles. The number of benzene rings is 2. The van der Waals surface area contributed by atoms with Crippen LogP contribution in [-0.4, -0.2) is 21.2 Å². The summed E-state index contributed by atoms with van der Waals surface area (Å²) in [4.78, 5) is 18.0. The molecular formula is C29H27N3O3S. The summed E-state index contributed by atoms with van der Waals surface area (Å²) in [5.41, 5.74) is 5.03. The minimum Gasteiger partial charge on any atom is -0.478 e. The molecule has 1 saturated heterocycles. The minimum absolute atomic E-state index is 0.210. The van der Waals surface area contributed by atoms with Crippen LogP contribution in [0.2, 0.25) is 0 Å². The van der Waals surface area contributed by atoms with E-state index in [0.717, 1.165) is 28.3 Å². The highest BCUT2D eigenvalue weighted by Crippen LogP contribution is 2.43. The summed E-state index contributed by atoms with van der Waals surface area (Å²) in [6, 6.07) is 22.8. The number of carboxylic acids is 1. The van der Waals surface area contributed by atoms with Crippen molar-refractivity contribution in [3.8, 4) is 11.3 Å². The summed E-state index contributed by atoms with van der Waals surface area (Å²) in [6.07, 6.45) is 1.78. The van der Waals surface area contributed by atoms with E-state index in [0.29, 0.717) is 16.8 Å². The maximum atomic E-state index is 11.4. The van der Waals surface area contributed by atoms with Crippen LogP contribution in [-0.2, 0) is 0 Å². The maximum Gasteiger partial charge on any atom is 0.335 e. The van der Waals surface area contributed by atoms with Gasteiger partial charge in [-0.25, -0.2) is 4.79 Å². The van der Waals surface area contributed by atoms with E-state index in [1.54, 1.807) is 24.4 Å². The van der Waals surface area contributed by atoms with Crippen LogP contribution in [0.4, 0.5) is 5.69 Å². The number of aromatic nitrogens is 1. The molecular weight excluding hydrogens is 470 g/mol. The molecule has 2 N–H and O–H groups in total. The van der Waals surface area contributed by atoms with E-state index in [1.165, 1.54) is 5.56 Å². The zero-order chi connectivity index (χ0) is 25.4. The standard InChI is InChI=1S/C29H27N3O3S/c1-17(2)19-7-10-21(11-8-19)32-27(26(31-29(32)36)23-6-4-5-15-30-23)25-14-13-24(35-25)22-12-9-20(28(33)34)16-18(22)3/h4-17,26-27H,1-3H3,(H,31,36)(H,33,34)/t26-,27+/m0/s1. The van der Waals surface area contributed by atoms with Crippen molar-refractivity contribution in [2.45, 2.75) is 38.8 Å². The van der Waals surface area contributed by atoms with Crippen molar-refractivity contribution in [1.29, 1.82) is 0 Å². The van der Waals surface area contributed by atoms with Gasteiger partial charge in [0.15, 0.2) is 5.11 Å². The second-order valence-electron chi connectivity index (χ2n) is 9.28.